The topological polar surface area (TPSA) is 63.6 Å². The highest BCUT2D eigenvalue weighted by atomic mass is 16.5. The van der Waals surface area contributed by atoms with E-state index in [0.717, 1.165) is 18.4 Å². The lowest BCUT2D eigenvalue weighted by atomic mass is 10.0. The first-order valence-corrected chi connectivity index (χ1v) is 3.76. The standard InChI is InChI=1S/C8H10O4/c9-7(8(10)11)4-6-2-1-3-12-5-6/h5H,1-4H2,(H,10,11). The van der Waals surface area contributed by atoms with Gasteiger partial charge in [0, 0.05) is 6.42 Å². The first-order chi connectivity index (χ1) is 5.70. The molecular weight excluding hydrogens is 160 g/mol. The second kappa shape index (κ2) is 3.90. The maximum Gasteiger partial charge on any atom is 0.372 e. The fraction of sp³-hybridized carbons (Fsp3) is 0.500. The predicted octanol–water partition coefficient (Wildman–Crippen LogP) is 0.724. The Morgan fingerprint density at radius 3 is 2.83 bits per heavy atom. The summed E-state index contributed by atoms with van der Waals surface area (Å²) in [5, 5.41) is 8.30. The number of carbonyl (C=O) groups excluding carboxylic acids is 1. The molecule has 0 fully saturated rings. The van der Waals surface area contributed by atoms with Gasteiger partial charge in [0.2, 0.25) is 5.78 Å². The Kier molecular flexibility index (Phi) is 2.85. The summed E-state index contributed by atoms with van der Waals surface area (Å²) in [6.45, 7) is 0.658. The number of carboxylic acid groups (broad SMARTS) is 1. The third-order valence-corrected chi connectivity index (χ3v) is 1.64. The van der Waals surface area contributed by atoms with Crippen LogP contribution < -0.4 is 0 Å². The Balaban J connectivity index is 2.44. The molecule has 1 N–H and O–H groups in total. The third-order valence-electron chi connectivity index (χ3n) is 1.64. The van der Waals surface area contributed by atoms with E-state index in [1.54, 1.807) is 0 Å². The van der Waals surface area contributed by atoms with Gasteiger partial charge in [-0.3, -0.25) is 4.79 Å². The van der Waals surface area contributed by atoms with Crippen molar-refractivity contribution in [2.75, 3.05) is 6.61 Å². The van der Waals surface area contributed by atoms with E-state index >= 15 is 0 Å². The van der Waals surface area contributed by atoms with Gasteiger partial charge in [-0.15, -0.1) is 0 Å². The molecule has 0 atom stereocenters. The van der Waals surface area contributed by atoms with Gasteiger partial charge in [0.15, 0.2) is 0 Å². The minimum absolute atomic E-state index is 0.0185. The average Bonchev–Trinajstić information content (AvgIpc) is 2.06. The fourth-order valence-corrected chi connectivity index (χ4v) is 1.03. The second-order valence-corrected chi connectivity index (χ2v) is 2.66. The largest absolute Gasteiger partial charge is 0.501 e. The van der Waals surface area contributed by atoms with Crippen LogP contribution >= 0.6 is 0 Å². The molecule has 1 aliphatic heterocycles. The summed E-state index contributed by atoms with van der Waals surface area (Å²) in [7, 11) is 0. The Hall–Kier alpha value is -1.32. The Labute approximate surface area is 69.8 Å². The van der Waals surface area contributed by atoms with Crippen LogP contribution in [0.2, 0.25) is 0 Å². The van der Waals surface area contributed by atoms with Crippen molar-refractivity contribution in [1.82, 2.24) is 0 Å². The van der Waals surface area contributed by atoms with Gasteiger partial charge in [0.1, 0.15) is 0 Å². The Morgan fingerprint density at radius 2 is 2.33 bits per heavy atom. The lowest BCUT2D eigenvalue weighted by molar-refractivity contribution is -0.148. The van der Waals surface area contributed by atoms with E-state index in [1.165, 1.54) is 6.26 Å². The summed E-state index contributed by atoms with van der Waals surface area (Å²) in [6.07, 6.45) is 3.09. The molecule has 1 heterocycles. The molecule has 0 aromatic rings. The van der Waals surface area contributed by atoms with Gasteiger partial charge in [-0.2, -0.15) is 0 Å². The molecule has 0 amide bonds. The quantitative estimate of drug-likeness (QED) is 0.634. The zero-order chi connectivity index (χ0) is 8.97. The van der Waals surface area contributed by atoms with Crippen LogP contribution in [-0.4, -0.2) is 23.5 Å². The first kappa shape index (κ1) is 8.77. The predicted molar refractivity (Wildman–Crippen MR) is 40.5 cm³/mol. The van der Waals surface area contributed by atoms with Crippen LogP contribution in [0, 0.1) is 0 Å². The zero-order valence-electron chi connectivity index (χ0n) is 6.58. The van der Waals surface area contributed by atoms with E-state index in [0.29, 0.717) is 6.61 Å². The van der Waals surface area contributed by atoms with Gasteiger partial charge in [-0.1, -0.05) is 0 Å². The number of carbonyl (C=O) groups is 2. The van der Waals surface area contributed by atoms with Crippen LogP contribution in [0.1, 0.15) is 19.3 Å². The van der Waals surface area contributed by atoms with E-state index in [4.69, 9.17) is 9.84 Å². The zero-order valence-corrected chi connectivity index (χ0v) is 6.58. The molecular formula is C8H10O4. The normalized spacial score (nSPS) is 16.2. The first-order valence-electron chi connectivity index (χ1n) is 3.76. The maximum absolute atomic E-state index is 10.7. The Bertz CT molecular complexity index is 229. The van der Waals surface area contributed by atoms with Crippen LogP contribution in [0.4, 0.5) is 0 Å². The molecule has 1 aliphatic rings. The monoisotopic (exact) mass is 170 g/mol. The number of rotatable bonds is 3. The maximum atomic E-state index is 10.7. The number of hydrogen-bond donors (Lipinski definition) is 1. The molecule has 4 heteroatoms. The number of carboxylic acids is 1. The number of aliphatic carboxylic acids is 1. The molecule has 0 aromatic heterocycles. The average molecular weight is 170 g/mol. The number of Topliss-reactive ketones (excluding diaryl/α,β-unsaturated/α-hetero) is 1. The number of ether oxygens (including phenoxy) is 1. The van der Waals surface area contributed by atoms with Crippen LogP contribution in [0.3, 0.4) is 0 Å². The van der Waals surface area contributed by atoms with Crippen molar-refractivity contribution in [3.63, 3.8) is 0 Å². The van der Waals surface area contributed by atoms with Crippen LogP contribution in [-0.2, 0) is 14.3 Å². The van der Waals surface area contributed by atoms with Gasteiger partial charge in [0.25, 0.3) is 0 Å². The molecule has 0 radical (unpaired) electrons. The van der Waals surface area contributed by atoms with Crippen molar-refractivity contribution in [3.8, 4) is 0 Å². The lowest BCUT2D eigenvalue weighted by Crippen LogP contribution is -2.14. The van der Waals surface area contributed by atoms with Crippen LogP contribution in [0.5, 0.6) is 0 Å². The number of hydrogen-bond acceptors (Lipinski definition) is 3. The molecule has 0 spiro atoms. The van der Waals surface area contributed by atoms with Crippen LogP contribution in [0.15, 0.2) is 11.8 Å². The second-order valence-electron chi connectivity index (χ2n) is 2.66. The van der Waals surface area contributed by atoms with Gasteiger partial charge in [-0.05, 0) is 18.4 Å². The molecule has 0 saturated heterocycles. The molecule has 1 rings (SSSR count). The molecule has 0 saturated carbocycles. The van der Waals surface area contributed by atoms with Crippen molar-refractivity contribution < 1.29 is 19.4 Å². The SMILES string of the molecule is O=C(O)C(=O)CC1=COCCC1. The summed E-state index contributed by atoms with van der Waals surface area (Å²) >= 11 is 0. The Morgan fingerprint density at radius 1 is 1.58 bits per heavy atom. The van der Waals surface area contributed by atoms with Gasteiger partial charge in [-0.25, -0.2) is 4.79 Å². The van der Waals surface area contributed by atoms with Gasteiger partial charge >= 0.3 is 5.97 Å². The van der Waals surface area contributed by atoms with E-state index < -0.39 is 11.8 Å². The van der Waals surface area contributed by atoms with Crippen molar-refractivity contribution >= 4 is 11.8 Å². The van der Waals surface area contributed by atoms with E-state index in [9.17, 15) is 9.59 Å². The van der Waals surface area contributed by atoms with Crippen LogP contribution in [0.25, 0.3) is 0 Å². The number of ketones is 1. The molecule has 0 aliphatic carbocycles. The fourth-order valence-electron chi connectivity index (χ4n) is 1.03. The molecule has 4 nitrogen and oxygen atoms in total. The van der Waals surface area contributed by atoms with Crippen molar-refractivity contribution in [2.45, 2.75) is 19.3 Å². The lowest BCUT2D eigenvalue weighted by Gasteiger charge is -2.11. The molecule has 12 heavy (non-hydrogen) atoms. The van der Waals surface area contributed by atoms with E-state index in [2.05, 4.69) is 0 Å². The smallest absolute Gasteiger partial charge is 0.372 e. The van der Waals surface area contributed by atoms with E-state index in [-0.39, 0.29) is 6.42 Å². The summed E-state index contributed by atoms with van der Waals surface area (Å²) < 4.78 is 4.96. The molecule has 0 unspecified atom stereocenters. The molecule has 66 valence electrons. The highest BCUT2D eigenvalue weighted by molar-refractivity contribution is 6.33. The van der Waals surface area contributed by atoms with E-state index in [1.807, 2.05) is 0 Å². The molecule has 0 bridgehead atoms. The summed E-state index contributed by atoms with van der Waals surface area (Å²) in [6, 6.07) is 0. The summed E-state index contributed by atoms with van der Waals surface area (Å²) in [5.74, 6) is -2.15. The van der Waals surface area contributed by atoms with Crippen molar-refractivity contribution in [1.29, 1.82) is 0 Å². The third kappa shape index (κ3) is 2.38. The molecule has 0 aromatic carbocycles. The minimum Gasteiger partial charge on any atom is -0.501 e. The van der Waals surface area contributed by atoms with Crippen molar-refractivity contribution in [3.05, 3.63) is 11.8 Å². The summed E-state index contributed by atoms with van der Waals surface area (Å²) in [4.78, 5) is 20.9. The number of allylic oxidation sites excluding steroid dienone is 1. The minimum atomic E-state index is -1.37. The van der Waals surface area contributed by atoms with Gasteiger partial charge in [0.05, 0.1) is 12.9 Å². The summed E-state index contributed by atoms with van der Waals surface area (Å²) in [5.41, 5.74) is 0.772. The van der Waals surface area contributed by atoms with Crippen molar-refractivity contribution in [2.24, 2.45) is 0 Å². The highest BCUT2D eigenvalue weighted by Gasteiger charge is 2.15. The highest BCUT2D eigenvalue weighted by Crippen LogP contribution is 2.15. The van der Waals surface area contributed by atoms with Gasteiger partial charge < -0.3 is 9.84 Å².